The molecule has 1 heterocycles. The van der Waals surface area contributed by atoms with E-state index in [9.17, 15) is 24.3 Å². The summed E-state index contributed by atoms with van der Waals surface area (Å²) < 4.78 is 27.1. The van der Waals surface area contributed by atoms with Gasteiger partial charge in [0.05, 0.1) is 32.4 Å². The number of rotatable bonds is 7. The summed E-state index contributed by atoms with van der Waals surface area (Å²) in [7, 11) is 6.75. The molecule has 1 aliphatic rings. The molecule has 13 nitrogen and oxygen atoms in total. The molecule has 2 bridgehead atoms. The van der Waals surface area contributed by atoms with Crippen LogP contribution in [0, 0.1) is 0 Å². The normalized spacial score (nSPS) is 25.9. The topological polar surface area (TPSA) is 153 Å². The Bertz CT molecular complexity index is 1240. The number of nitrogens with zero attached hydrogens (tertiary/aromatic N) is 2. The van der Waals surface area contributed by atoms with Crippen molar-refractivity contribution >= 4 is 41.7 Å². The molecule has 43 heavy (non-hydrogen) atoms. The number of methoxy groups -OCH3 is 3. The smallest absolute Gasteiger partial charge is 0.411 e. The summed E-state index contributed by atoms with van der Waals surface area (Å²) in [4.78, 5) is 52.5. The summed E-state index contributed by atoms with van der Waals surface area (Å²) in [5.41, 5.74) is 2.04. The lowest BCUT2D eigenvalue weighted by atomic mass is 10.0. The zero-order valence-corrected chi connectivity index (χ0v) is 26.3. The molecule has 0 aliphatic carbocycles. The van der Waals surface area contributed by atoms with Crippen molar-refractivity contribution in [1.29, 1.82) is 0 Å². The van der Waals surface area contributed by atoms with Crippen LogP contribution >= 0.6 is 11.6 Å². The Morgan fingerprint density at radius 3 is 2.56 bits per heavy atom. The number of ether oxygens (including phenoxy) is 5. The molecule has 1 aliphatic heterocycles. The minimum absolute atomic E-state index is 0.198. The van der Waals surface area contributed by atoms with E-state index < -0.39 is 54.7 Å². The number of nitrogens with one attached hydrogen (secondary N) is 1. The van der Waals surface area contributed by atoms with Gasteiger partial charge in [0.1, 0.15) is 22.9 Å². The van der Waals surface area contributed by atoms with Gasteiger partial charge >= 0.3 is 12.1 Å². The number of aliphatic hydroxyl groups is 1. The predicted octanol–water partition coefficient (Wildman–Crippen LogP) is 2.57. The Hall–Kier alpha value is -3.65. The summed E-state index contributed by atoms with van der Waals surface area (Å²) in [6.07, 6.45) is 0.416. The Labute approximate surface area is 256 Å². The standard InChI is InChI=1S/C29H40ClN3O10/c1-17-10-9-11-24(40-7)29(38,31-28(37)41-8)43-19(3)22(42-27(36)18(2)32(4)16-34)15-25(35)33(5)21-13-20(12-17)14-23(39-6)26(21)30/h9-11,13-14,16,18-19,22,24,38H,12,15H2,1-8H3,(H,31,37)/b11-9+,17-10+. The quantitative estimate of drug-likeness (QED) is 0.263. The highest BCUT2D eigenvalue weighted by molar-refractivity contribution is 6.35. The van der Waals surface area contributed by atoms with Gasteiger partial charge in [0.15, 0.2) is 6.10 Å². The maximum Gasteiger partial charge on any atom is 0.411 e. The molecule has 14 heteroatoms. The van der Waals surface area contributed by atoms with E-state index in [-0.39, 0.29) is 5.02 Å². The van der Waals surface area contributed by atoms with Crippen molar-refractivity contribution in [2.45, 2.75) is 63.9 Å². The third-order valence-electron chi connectivity index (χ3n) is 6.94. The molecule has 2 rings (SSSR count). The van der Waals surface area contributed by atoms with Gasteiger partial charge in [-0.25, -0.2) is 9.59 Å². The number of esters is 1. The average Bonchev–Trinajstić information content (AvgIpc) is 2.97. The molecule has 0 radical (unpaired) electrons. The first-order valence-corrected chi connectivity index (χ1v) is 13.7. The first-order chi connectivity index (χ1) is 20.2. The number of anilines is 1. The number of amides is 3. The monoisotopic (exact) mass is 625 g/mol. The molecule has 0 saturated heterocycles. The van der Waals surface area contributed by atoms with Crippen LogP contribution in [-0.4, -0.2) is 100 Å². The minimum atomic E-state index is -2.54. The Morgan fingerprint density at radius 2 is 1.98 bits per heavy atom. The van der Waals surface area contributed by atoms with Gasteiger partial charge < -0.3 is 38.6 Å². The molecule has 5 atom stereocenters. The molecule has 5 unspecified atom stereocenters. The molecule has 0 aromatic heterocycles. The highest BCUT2D eigenvalue weighted by Crippen LogP contribution is 2.37. The van der Waals surface area contributed by atoms with Gasteiger partial charge in [-0.15, -0.1) is 0 Å². The number of carbonyl (C=O) groups is 4. The number of hydrogen-bond acceptors (Lipinski definition) is 10. The highest BCUT2D eigenvalue weighted by Gasteiger charge is 2.44. The van der Waals surface area contributed by atoms with Crippen LogP contribution in [0.15, 0.2) is 35.9 Å². The van der Waals surface area contributed by atoms with E-state index in [1.165, 1.54) is 53.1 Å². The van der Waals surface area contributed by atoms with Gasteiger partial charge in [0.2, 0.25) is 12.3 Å². The largest absolute Gasteiger partial charge is 0.495 e. The van der Waals surface area contributed by atoms with E-state index in [0.717, 1.165) is 23.1 Å². The van der Waals surface area contributed by atoms with Crippen molar-refractivity contribution in [2.24, 2.45) is 0 Å². The predicted molar refractivity (Wildman–Crippen MR) is 158 cm³/mol. The number of halogens is 1. The molecule has 1 aromatic carbocycles. The number of allylic oxidation sites excluding steroid dienone is 3. The van der Waals surface area contributed by atoms with Crippen LogP contribution in [0.1, 0.15) is 32.8 Å². The third-order valence-corrected chi connectivity index (χ3v) is 7.32. The maximum absolute atomic E-state index is 13.6. The fourth-order valence-electron chi connectivity index (χ4n) is 4.18. The molecular weight excluding hydrogens is 586 g/mol. The molecule has 3 amide bonds. The molecule has 0 fully saturated rings. The van der Waals surface area contributed by atoms with E-state index in [4.69, 9.17) is 30.5 Å². The van der Waals surface area contributed by atoms with E-state index in [1.807, 2.05) is 6.92 Å². The van der Waals surface area contributed by atoms with E-state index >= 15 is 0 Å². The number of alkyl carbamates (subject to hydrolysis) is 1. The van der Waals surface area contributed by atoms with E-state index in [2.05, 4.69) is 10.1 Å². The lowest BCUT2D eigenvalue weighted by molar-refractivity contribution is -0.292. The van der Waals surface area contributed by atoms with Crippen molar-refractivity contribution in [3.8, 4) is 5.75 Å². The van der Waals surface area contributed by atoms with Crippen molar-refractivity contribution in [1.82, 2.24) is 10.2 Å². The first-order valence-electron chi connectivity index (χ1n) is 13.3. The van der Waals surface area contributed by atoms with Crippen molar-refractivity contribution < 1.29 is 48.0 Å². The molecule has 1 aromatic rings. The van der Waals surface area contributed by atoms with Crippen LogP contribution in [0.25, 0.3) is 0 Å². The zero-order valence-electron chi connectivity index (χ0n) is 25.6. The van der Waals surface area contributed by atoms with Crippen molar-refractivity contribution in [2.75, 3.05) is 40.3 Å². The second-order valence-corrected chi connectivity index (χ2v) is 10.5. The first kappa shape index (κ1) is 35.5. The lowest BCUT2D eigenvalue weighted by Crippen LogP contribution is -2.61. The number of benzene rings is 1. The summed E-state index contributed by atoms with van der Waals surface area (Å²) in [6.45, 7) is 4.76. The third kappa shape index (κ3) is 9.17. The van der Waals surface area contributed by atoms with E-state index in [1.54, 1.807) is 24.3 Å². The molecule has 0 saturated carbocycles. The summed E-state index contributed by atoms with van der Waals surface area (Å²) >= 11 is 6.59. The fraction of sp³-hybridized carbons (Fsp3) is 0.517. The van der Waals surface area contributed by atoms with Crippen LogP contribution in [0.4, 0.5) is 10.5 Å². The summed E-state index contributed by atoms with van der Waals surface area (Å²) in [5.74, 6) is -3.54. The molecular formula is C29H40ClN3O10. The summed E-state index contributed by atoms with van der Waals surface area (Å²) in [5, 5.41) is 13.9. The average molecular weight is 626 g/mol. The molecule has 238 valence electrons. The SMILES string of the molecule is COC(=O)NC1(O)OC(C)C(OC(=O)C(C)N(C)C=O)CC(=O)N(C)c2cc(cc(OC)c2Cl)C/C(C)=C/C=C/C1OC. The summed E-state index contributed by atoms with van der Waals surface area (Å²) in [6, 6.07) is 2.51. The maximum atomic E-state index is 13.6. The zero-order chi connectivity index (χ0) is 32.5. The Balaban J connectivity index is 2.70. The lowest BCUT2D eigenvalue weighted by Gasteiger charge is -2.37. The number of fused-ring (bicyclic) bond motifs is 2. The number of carbonyl (C=O) groups excluding carboxylic acids is 4. The van der Waals surface area contributed by atoms with Gasteiger partial charge in [-0.2, -0.15) is 0 Å². The van der Waals surface area contributed by atoms with Crippen molar-refractivity contribution in [3.05, 3.63) is 46.5 Å². The van der Waals surface area contributed by atoms with Crippen molar-refractivity contribution in [3.63, 3.8) is 0 Å². The van der Waals surface area contributed by atoms with E-state index in [0.29, 0.717) is 24.3 Å². The second kappa shape index (κ2) is 15.7. The highest BCUT2D eigenvalue weighted by atomic mass is 35.5. The second-order valence-electron chi connectivity index (χ2n) is 10.1. The van der Waals surface area contributed by atoms with Gasteiger partial charge in [0, 0.05) is 21.2 Å². The van der Waals surface area contributed by atoms with Crippen LogP contribution < -0.4 is 15.0 Å². The van der Waals surface area contributed by atoms with Gasteiger partial charge in [-0.3, -0.25) is 14.9 Å². The van der Waals surface area contributed by atoms with Crippen LogP contribution in [0.2, 0.25) is 5.02 Å². The van der Waals surface area contributed by atoms with Crippen LogP contribution in [-0.2, 0) is 39.8 Å². The number of likely N-dealkylation sites (N-methyl/N-ethyl adjacent to an activating group) is 1. The molecule has 0 spiro atoms. The minimum Gasteiger partial charge on any atom is -0.495 e. The Kier molecular flexibility index (Phi) is 13.0. The van der Waals surface area contributed by atoms with Crippen LogP contribution in [0.5, 0.6) is 5.75 Å². The Morgan fingerprint density at radius 1 is 1.30 bits per heavy atom. The van der Waals surface area contributed by atoms with Gasteiger partial charge in [-0.1, -0.05) is 29.3 Å². The van der Waals surface area contributed by atoms with Gasteiger partial charge in [-0.05, 0) is 51.0 Å². The fourth-order valence-corrected chi connectivity index (χ4v) is 4.49. The van der Waals surface area contributed by atoms with Gasteiger partial charge in [0.25, 0.3) is 5.91 Å². The molecule has 2 N–H and O–H groups in total. The number of hydrogen-bond donors (Lipinski definition) is 2. The van der Waals surface area contributed by atoms with Crippen LogP contribution in [0.3, 0.4) is 0 Å².